The predicted molar refractivity (Wildman–Crippen MR) is 125 cm³/mol. The highest BCUT2D eigenvalue weighted by Gasteiger charge is 2.47. The summed E-state index contributed by atoms with van der Waals surface area (Å²) >= 11 is 6.54. The minimum Gasteiger partial charge on any atom is -0.334 e. The molecule has 2 aliphatic rings. The number of hydrogen-bond donors (Lipinski definition) is 4. The van der Waals surface area contributed by atoms with Gasteiger partial charge in [-0.25, -0.2) is 32.0 Å². The molecule has 4 rings (SSSR count). The molecule has 4 atom stereocenters. The van der Waals surface area contributed by atoms with E-state index in [1.54, 1.807) is 7.05 Å². The number of carbonyl (C=O) groups is 3. The number of fused-ring (bicyclic) bond motifs is 1. The summed E-state index contributed by atoms with van der Waals surface area (Å²) in [5, 5.41) is 8.02. The van der Waals surface area contributed by atoms with Gasteiger partial charge < -0.3 is 16.0 Å². The quantitative estimate of drug-likeness (QED) is 0.470. The highest BCUT2D eigenvalue weighted by molar-refractivity contribution is 7.92. The van der Waals surface area contributed by atoms with Crippen LogP contribution in [0.2, 0.25) is 4.34 Å². The van der Waals surface area contributed by atoms with E-state index < -0.39 is 52.2 Å². The van der Waals surface area contributed by atoms with Crippen LogP contribution in [0.1, 0.15) is 12.8 Å². The summed E-state index contributed by atoms with van der Waals surface area (Å²) in [6.07, 6.45) is -0.902. The molecular weight excluding hydrogens is 509 g/mol. The van der Waals surface area contributed by atoms with Crippen molar-refractivity contribution in [2.24, 2.45) is 5.92 Å². The Hall–Kier alpha value is -2.74. The summed E-state index contributed by atoms with van der Waals surface area (Å²) in [5.41, 5.74) is 0.459. The molecule has 4 unspecified atom stereocenters. The van der Waals surface area contributed by atoms with Gasteiger partial charge >= 0.3 is 12.1 Å². The van der Waals surface area contributed by atoms with Crippen LogP contribution in [-0.2, 0) is 14.8 Å². The molecule has 1 aromatic heterocycles. The SMILES string of the molecule is CNC1CC2NC(=O)N(c3ccc(NC(=O)NS(=O)(=O)c4ccc(Cl)s4)cc3)C(=O)C2CC1F. The Kier molecular flexibility index (Phi) is 6.80. The molecule has 1 saturated heterocycles. The van der Waals surface area contributed by atoms with E-state index >= 15 is 0 Å². The fourth-order valence-corrected chi connectivity index (χ4v) is 6.48. The maximum absolute atomic E-state index is 14.4. The zero-order valence-electron chi connectivity index (χ0n) is 17.7. The third-order valence-electron chi connectivity index (χ3n) is 5.75. The maximum Gasteiger partial charge on any atom is 0.333 e. The van der Waals surface area contributed by atoms with E-state index in [-0.39, 0.29) is 26.3 Å². The van der Waals surface area contributed by atoms with Gasteiger partial charge in [0.1, 0.15) is 10.4 Å². The van der Waals surface area contributed by atoms with Gasteiger partial charge in [0.25, 0.3) is 10.0 Å². The van der Waals surface area contributed by atoms with Crippen LogP contribution in [0.5, 0.6) is 0 Å². The summed E-state index contributed by atoms with van der Waals surface area (Å²) in [6.45, 7) is 0. The fraction of sp³-hybridized carbons (Fsp3) is 0.350. The number of urea groups is 2. The number of benzene rings is 1. The highest BCUT2D eigenvalue weighted by atomic mass is 35.5. The fourth-order valence-electron chi connectivity index (χ4n) is 4.09. The van der Waals surface area contributed by atoms with Gasteiger partial charge in [0.2, 0.25) is 5.91 Å². The van der Waals surface area contributed by atoms with Gasteiger partial charge in [0.05, 0.1) is 15.9 Å². The number of hydrogen-bond acceptors (Lipinski definition) is 7. The second-order valence-electron chi connectivity index (χ2n) is 7.88. The molecule has 5 amide bonds. The maximum atomic E-state index is 14.4. The van der Waals surface area contributed by atoms with Crippen molar-refractivity contribution in [1.29, 1.82) is 0 Å². The van der Waals surface area contributed by atoms with Gasteiger partial charge in [-0.3, -0.25) is 4.79 Å². The summed E-state index contributed by atoms with van der Waals surface area (Å²) in [5.74, 6) is -1.18. The molecule has 10 nitrogen and oxygen atoms in total. The molecule has 2 heterocycles. The van der Waals surface area contributed by atoms with E-state index in [9.17, 15) is 27.2 Å². The molecule has 34 heavy (non-hydrogen) atoms. The van der Waals surface area contributed by atoms with E-state index in [4.69, 9.17) is 11.6 Å². The first kappa shape index (κ1) is 24.4. The summed E-state index contributed by atoms with van der Waals surface area (Å²) in [7, 11) is -2.45. The molecule has 1 aliphatic carbocycles. The van der Waals surface area contributed by atoms with E-state index in [0.29, 0.717) is 6.42 Å². The number of sulfonamides is 1. The minimum atomic E-state index is -4.09. The van der Waals surface area contributed by atoms with Crippen molar-refractivity contribution in [3.05, 3.63) is 40.7 Å². The summed E-state index contributed by atoms with van der Waals surface area (Å²) in [6, 6.07) is 5.85. The van der Waals surface area contributed by atoms with E-state index in [2.05, 4.69) is 16.0 Å². The van der Waals surface area contributed by atoms with Crippen LogP contribution < -0.4 is 25.6 Å². The Morgan fingerprint density at radius 3 is 2.50 bits per heavy atom. The van der Waals surface area contributed by atoms with Gasteiger partial charge in [0.15, 0.2) is 0 Å². The molecule has 1 aliphatic heterocycles. The number of thiophene rings is 1. The first-order valence-electron chi connectivity index (χ1n) is 10.2. The summed E-state index contributed by atoms with van der Waals surface area (Å²) in [4.78, 5) is 38.7. The van der Waals surface area contributed by atoms with Crippen molar-refractivity contribution < 1.29 is 27.2 Å². The third kappa shape index (κ3) is 4.87. The predicted octanol–water partition coefficient (Wildman–Crippen LogP) is 2.67. The number of nitrogens with zero attached hydrogens (tertiary/aromatic N) is 1. The van der Waals surface area contributed by atoms with E-state index in [1.165, 1.54) is 36.4 Å². The van der Waals surface area contributed by atoms with Crippen LogP contribution in [0.4, 0.5) is 25.4 Å². The van der Waals surface area contributed by atoms with Crippen LogP contribution in [0.15, 0.2) is 40.6 Å². The summed E-state index contributed by atoms with van der Waals surface area (Å²) < 4.78 is 40.8. The van der Waals surface area contributed by atoms with Crippen molar-refractivity contribution in [3.8, 4) is 0 Å². The molecule has 0 radical (unpaired) electrons. The Morgan fingerprint density at radius 2 is 1.88 bits per heavy atom. The first-order chi connectivity index (χ1) is 16.1. The first-order valence-corrected chi connectivity index (χ1v) is 12.9. The van der Waals surface area contributed by atoms with Crippen LogP contribution in [0, 0.1) is 5.92 Å². The minimum absolute atomic E-state index is 0.00444. The lowest BCUT2D eigenvalue weighted by atomic mass is 9.78. The molecule has 2 fully saturated rings. The van der Waals surface area contributed by atoms with Gasteiger partial charge in [-0.15, -0.1) is 11.3 Å². The number of alkyl halides is 1. The Labute approximate surface area is 203 Å². The Bertz CT molecular complexity index is 1220. The third-order valence-corrected chi connectivity index (χ3v) is 8.81. The van der Waals surface area contributed by atoms with Crippen LogP contribution in [0.3, 0.4) is 0 Å². The number of amides is 5. The van der Waals surface area contributed by atoms with Gasteiger partial charge in [-0.2, -0.15) is 0 Å². The van der Waals surface area contributed by atoms with E-state index in [1.807, 2.05) is 4.72 Å². The number of imide groups is 1. The smallest absolute Gasteiger partial charge is 0.333 e. The van der Waals surface area contributed by atoms with Crippen molar-refractivity contribution in [3.63, 3.8) is 0 Å². The average Bonchev–Trinajstić information content (AvgIpc) is 3.22. The Balaban J connectivity index is 1.43. The topological polar surface area (TPSA) is 137 Å². The lowest BCUT2D eigenvalue weighted by molar-refractivity contribution is -0.125. The van der Waals surface area contributed by atoms with Crippen LogP contribution in [0.25, 0.3) is 0 Å². The number of rotatable bonds is 5. The van der Waals surface area contributed by atoms with Gasteiger partial charge in [-0.1, -0.05) is 11.6 Å². The lowest BCUT2D eigenvalue weighted by Gasteiger charge is -2.43. The van der Waals surface area contributed by atoms with Gasteiger partial charge in [-0.05, 0) is 56.3 Å². The Morgan fingerprint density at radius 1 is 1.18 bits per heavy atom. The van der Waals surface area contributed by atoms with E-state index in [0.717, 1.165) is 16.2 Å². The molecule has 1 aromatic carbocycles. The van der Waals surface area contributed by atoms with Crippen LogP contribution >= 0.6 is 22.9 Å². The van der Waals surface area contributed by atoms with Crippen molar-refractivity contribution in [2.45, 2.75) is 35.3 Å². The number of halogens is 2. The van der Waals surface area contributed by atoms with Crippen molar-refractivity contribution in [2.75, 3.05) is 17.3 Å². The van der Waals surface area contributed by atoms with Crippen molar-refractivity contribution >= 4 is 62.3 Å². The highest BCUT2D eigenvalue weighted by Crippen LogP contribution is 2.33. The second kappa shape index (κ2) is 9.49. The zero-order valence-corrected chi connectivity index (χ0v) is 20.1. The molecule has 4 N–H and O–H groups in total. The molecule has 2 aromatic rings. The normalized spacial score (nSPS) is 24.9. The number of nitrogens with one attached hydrogen (secondary N) is 4. The molecule has 0 bridgehead atoms. The van der Waals surface area contributed by atoms with Crippen LogP contribution in [-0.4, -0.2) is 51.7 Å². The second-order valence-corrected chi connectivity index (χ2v) is 11.5. The molecule has 182 valence electrons. The number of carbonyl (C=O) groups excluding carboxylic acids is 3. The zero-order chi connectivity index (χ0) is 24.6. The molecular formula is C20H21ClFN5O5S2. The molecule has 14 heteroatoms. The monoisotopic (exact) mass is 529 g/mol. The molecule has 1 saturated carbocycles. The number of anilines is 2. The standard InChI is InChI=1S/C20H21ClFN5O5S2/c1-23-15-9-14-12(8-13(15)22)18(28)27(20(30)25-14)11-4-2-10(3-5-11)24-19(29)26-34(31,32)17-7-6-16(21)33-17/h2-7,12-15,23H,8-9H2,1H3,(H,25,30)(H2,24,26,29). The largest absolute Gasteiger partial charge is 0.334 e. The lowest BCUT2D eigenvalue weighted by Crippen LogP contribution is -2.64. The van der Waals surface area contributed by atoms with Gasteiger partial charge in [0, 0.05) is 17.8 Å². The van der Waals surface area contributed by atoms with Crippen molar-refractivity contribution in [1.82, 2.24) is 15.4 Å². The molecule has 0 spiro atoms. The average molecular weight is 530 g/mol.